The monoisotopic (exact) mass is 277 g/mol. The lowest BCUT2D eigenvalue weighted by molar-refractivity contribution is -0.169. The van der Waals surface area contributed by atoms with E-state index in [4.69, 9.17) is 15.2 Å². The molecule has 5 nitrogen and oxygen atoms in total. The minimum atomic E-state index is -4.55. The molecule has 1 aliphatic rings. The van der Waals surface area contributed by atoms with E-state index in [-0.39, 0.29) is 18.6 Å². The molecule has 2 heterocycles. The highest BCUT2D eigenvalue weighted by Gasteiger charge is 2.33. The Morgan fingerprint density at radius 2 is 2.16 bits per heavy atom. The molecule has 2 N–H and O–H groups in total. The van der Waals surface area contributed by atoms with E-state index < -0.39 is 17.8 Å². The number of rotatable bonds is 3. The number of hydrogen-bond acceptors (Lipinski definition) is 5. The molecule has 0 bridgehead atoms. The third-order valence-corrected chi connectivity index (χ3v) is 2.64. The van der Waals surface area contributed by atoms with Crippen molar-refractivity contribution in [2.75, 3.05) is 12.3 Å². The smallest absolute Gasteiger partial charge is 0.368 e. The van der Waals surface area contributed by atoms with Gasteiger partial charge in [-0.3, -0.25) is 0 Å². The van der Waals surface area contributed by atoms with Gasteiger partial charge < -0.3 is 15.2 Å². The molecular formula is C11H14F3N3O2. The normalized spacial score (nSPS) is 20.5. The summed E-state index contributed by atoms with van der Waals surface area (Å²) in [6.07, 6.45) is -2.26. The molecule has 1 fully saturated rings. The highest BCUT2D eigenvalue weighted by molar-refractivity contribution is 5.23. The van der Waals surface area contributed by atoms with Crippen LogP contribution >= 0.6 is 0 Å². The maximum absolute atomic E-state index is 12.5. The van der Waals surface area contributed by atoms with Crippen LogP contribution in [0.4, 0.5) is 19.1 Å². The Hall–Kier alpha value is -1.41. The van der Waals surface area contributed by atoms with Crippen molar-refractivity contribution in [3.05, 3.63) is 17.5 Å². The van der Waals surface area contributed by atoms with E-state index in [2.05, 4.69) is 9.97 Å². The minimum absolute atomic E-state index is 0.0829. The SMILES string of the molecule is Nc1nc(CO[C@H]2CCCCO2)cc(C(F)(F)F)n1. The third-order valence-electron chi connectivity index (χ3n) is 2.64. The first-order valence-corrected chi connectivity index (χ1v) is 5.89. The molecule has 1 aromatic rings. The summed E-state index contributed by atoms with van der Waals surface area (Å²) < 4.78 is 48.3. The predicted molar refractivity (Wildman–Crippen MR) is 59.8 cm³/mol. The molecule has 2 rings (SSSR count). The number of aromatic nitrogens is 2. The van der Waals surface area contributed by atoms with Gasteiger partial charge in [0.2, 0.25) is 5.95 Å². The van der Waals surface area contributed by atoms with Crippen LogP contribution in [0.3, 0.4) is 0 Å². The summed E-state index contributed by atoms with van der Waals surface area (Å²) in [5.74, 6) is -0.419. The molecule has 0 unspecified atom stereocenters. The fourth-order valence-electron chi connectivity index (χ4n) is 1.76. The number of ether oxygens (including phenoxy) is 2. The van der Waals surface area contributed by atoms with E-state index in [1.807, 2.05) is 0 Å². The quantitative estimate of drug-likeness (QED) is 0.916. The zero-order valence-corrected chi connectivity index (χ0v) is 10.1. The van der Waals surface area contributed by atoms with Crippen molar-refractivity contribution < 1.29 is 22.6 Å². The van der Waals surface area contributed by atoms with Gasteiger partial charge in [-0.15, -0.1) is 0 Å². The number of nitrogens with two attached hydrogens (primary N) is 1. The van der Waals surface area contributed by atoms with Crippen LogP contribution in [0.1, 0.15) is 30.7 Å². The lowest BCUT2D eigenvalue weighted by Crippen LogP contribution is -2.22. The first-order chi connectivity index (χ1) is 8.95. The van der Waals surface area contributed by atoms with Gasteiger partial charge in [0.05, 0.1) is 12.3 Å². The first-order valence-electron chi connectivity index (χ1n) is 5.89. The van der Waals surface area contributed by atoms with Gasteiger partial charge in [0.25, 0.3) is 0 Å². The molecule has 19 heavy (non-hydrogen) atoms. The lowest BCUT2D eigenvalue weighted by Gasteiger charge is -2.22. The highest BCUT2D eigenvalue weighted by atomic mass is 19.4. The Bertz CT molecular complexity index is 434. The fraction of sp³-hybridized carbons (Fsp3) is 0.636. The number of nitrogen functional groups attached to an aromatic ring is 1. The second-order valence-electron chi connectivity index (χ2n) is 4.21. The van der Waals surface area contributed by atoms with Crippen molar-refractivity contribution in [2.24, 2.45) is 0 Å². The van der Waals surface area contributed by atoms with Gasteiger partial charge in [0.15, 0.2) is 6.29 Å². The van der Waals surface area contributed by atoms with Crippen LogP contribution in [-0.4, -0.2) is 22.9 Å². The molecule has 0 radical (unpaired) electrons. The predicted octanol–water partition coefficient (Wildman–Crippen LogP) is 2.12. The summed E-state index contributed by atoms with van der Waals surface area (Å²) >= 11 is 0. The van der Waals surface area contributed by atoms with Gasteiger partial charge >= 0.3 is 6.18 Å². The summed E-state index contributed by atoms with van der Waals surface area (Å²) in [4.78, 5) is 6.87. The molecule has 0 amide bonds. The van der Waals surface area contributed by atoms with Gasteiger partial charge in [0, 0.05) is 6.61 Å². The molecule has 0 saturated carbocycles. The average molecular weight is 277 g/mol. The maximum atomic E-state index is 12.5. The Morgan fingerprint density at radius 1 is 1.37 bits per heavy atom. The summed E-state index contributed by atoms with van der Waals surface area (Å²) in [5, 5.41) is 0. The van der Waals surface area contributed by atoms with Crippen molar-refractivity contribution in [1.29, 1.82) is 0 Å². The molecule has 106 valence electrons. The molecule has 1 atom stereocenters. The van der Waals surface area contributed by atoms with Gasteiger partial charge in [-0.05, 0) is 25.3 Å². The number of anilines is 1. The molecule has 1 saturated heterocycles. The standard InChI is InChI=1S/C11H14F3N3O2/c12-11(13,14)8-5-7(16-10(15)17-8)6-19-9-3-1-2-4-18-9/h5,9H,1-4,6H2,(H2,15,16,17)/t9-/m0/s1. The zero-order valence-electron chi connectivity index (χ0n) is 10.1. The number of alkyl halides is 3. The van der Waals surface area contributed by atoms with Crippen LogP contribution in [0.2, 0.25) is 0 Å². The van der Waals surface area contributed by atoms with E-state index in [1.54, 1.807) is 0 Å². The van der Waals surface area contributed by atoms with Crippen LogP contribution in [0.15, 0.2) is 6.07 Å². The topological polar surface area (TPSA) is 70.3 Å². The van der Waals surface area contributed by atoms with Gasteiger partial charge in [0.1, 0.15) is 5.69 Å². The van der Waals surface area contributed by atoms with Crippen LogP contribution < -0.4 is 5.73 Å². The van der Waals surface area contributed by atoms with Gasteiger partial charge in [-0.1, -0.05) is 0 Å². The minimum Gasteiger partial charge on any atom is -0.368 e. The Morgan fingerprint density at radius 3 is 2.79 bits per heavy atom. The molecule has 0 spiro atoms. The van der Waals surface area contributed by atoms with Crippen molar-refractivity contribution in [1.82, 2.24) is 9.97 Å². The summed E-state index contributed by atoms with van der Waals surface area (Å²) in [5.41, 5.74) is 4.28. The summed E-state index contributed by atoms with van der Waals surface area (Å²) in [6, 6.07) is 0.833. The van der Waals surface area contributed by atoms with Gasteiger partial charge in [-0.25, -0.2) is 9.97 Å². The van der Waals surface area contributed by atoms with E-state index in [0.717, 1.165) is 25.3 Å². The van der Waals surface area contributed by atoms with E-state index >= 15 is 0 Å². The van der Waals surface area contributed by atoms with E-state index in [9.17, 15) is 13.2 Å². The van der Waals surface area contributed by atoms with E-state index in [1.165, 1.54) is 0 Å². The first kappa shape index (κ1) is 14.0. The number of halogens is 3. The highest BCUT2D eigenvalue weighted by Crippen LogP contribution is 2.28. The maximum Gasteiger partial charge on any atom is 0.433 e. The van der Waals surface area contributed by atoms with E-state index in [0.29, 0.717) is 6.61 Å². The fourth-order valence-corrected chi connectivity index (χ4v) is 1.76. The molecule has 0 aliphatic carbocycles. The molecular weight excluding hydrogens is 263 g/mol. The van der Waals surface area contributed by atoms with Crippen molar-refractivity contribution in [3.63, 3.8) is 0 Å². The third kappa shape index (κ3) is 4.03. The Kier molecular flexibility index (Phi) is 4.20. The average Bonchev–Trinajstić information content (AvgIpc) is 2.36. The zero-order chi connectivity index (χ0) is 13.9. The van der Waals surface area contributed by atoms with Crippen LogP contribution in [0.5, 0.6) is 0 Å². The summed E-state index contributed by atoms with van der Waals surface area (Å²) in [6.45, 7) is 0.519. The second-order valence-corrected chi connectivity index (χ2v) is 4.21. The van der Waals surface area contributed by atoms with Crippen LogP contribution in [0.25, 0.3) is 0 Å². The molecule has 1 aromatic heterocycles. The molecule has 8 heteroatoms. The van der Waals surface area contributed by atoms with Crippen LogP contribution in [0, 0.1) is 0 Å². The Labute approximate surface area is 107 Å². The largest absolute Gasteiger partial charge is 0.433 e. The summed E-state index contributed by atoms with van der Waals surface area (Å²) in [7, 11) is 0. The Balaban J connectivity index is 2.01. The lowest BCUT2D eigenvalue weighted by atomic mass is 10.2. The molecule has 1 aliphatic heterocycles. The number of hydrogen-bond donors (Lipinski definition) is 1. The van der Waals surface area contributed by atoms with Gasteiger partial charge in [-0.2, -0.15) is 13.2 Å². The molecule has 0 aromatic carbocycles. The van der Waals surface area contributed by atoms with Crippen molar-refractivity contribution in [2.45, 2.75) is 38.3 Å². The van der Waals surface area contributed by atoms with Crippen molar-refractivity contribution >= 4 is 5.95 Å². The number of nitrogens with zero attached hydrogens (tertiary/aromatic N) is 2. The van der Waals surface area contributed by atoms with Crippen molar-refractivity contribution in [3.8, 4) is 0 Å². The second kappa shape index (κ2) is 5.70. The van der Waals surface area contributed by atoms with Crippen LogP contribution in [-0.2, 0) is 22.3 Å².